The van der Waals surface area contributed by atoms with Gasteiger partial charge in [0.05, 0.1) is 0 Å². The molecule has 34 valence electrons. The number of hydrogen-bond acceptors (Lipinski definition) is 0. The molecule has 2 fully saturated rings. The topological polar surface area (TPSA) is 0 Å². The number of halogens is 1. The van der Waals surface area contributed by atoms with E-state index in [1.165, 1.54) is 0 Å². The summed E-state index contributed by atoms with van der Waals surface area (Å²) in [5.74, 6) is 0.498. The van der Waals surface area contributed by atoms with Gasteiger partial charge in [-0.25, -0.2) is 4.39 Å². The van der Waals surface area contributed by atoms with Gasteiger partial charge in [0.1, 0.15) is 6.17 Å². The molecule has 0 aromatic rings. The second-order valence-corrected chi connectivity index (χ2v) is 2.72. The minimum absolute atomic E-state index is 0.208. The zero-order valence-electron chi connectivity index (χ0n) is 3.74. The number of hydrogen-bond donors (Lipinski definition) is 0. The fourth-order valence-electron chi connectivity index (χ4n) is 1.07. The predicted octanol–water partition coefficient (Wildman–Crippen LogP) is 1.36. The summed E-state index contributed by atoms with van der Waals surface area (Å²) in [6.45, 7) is 2.02. The lowest BCUT2D eigenvalue weighted by molar-refractivity contribution is 0.347. The lowest BCUT2D eigenvalue weighted by atomic mass is 10.2. The van der Waals surface area contributed by atoms with E-state index in [9.17, 15) is 4.39 Å². The molecule has 0 amide bonds. The van der Waals surface area contributed by atoms with E-state index in [0.29, 0.717) is 5.92 Å². The third kappa shape index (κ3) is 0.118. The predicted molar refractivity (Wildman–Crippen MR) is 21.1 cm³/mol. The summed E-state index contributed by atoms with van der Waals surface area (Å²) in [5.41, 5.74) is 0.208. The maximum atomic E-state index is 11.9. The molecular formula is C5H7F. The van der Waals surface area contributed by atoms with Crippen molar-refractivity contribution in [3.63, 3.8) is 0 Å². The lowest BCUT2D eigenvalue weighted by Gasteiger charge is -1.89. The first kappa shape index (κ1) is 3.00. The van der Waals surface area contributed by atoms with E-state index in [1.54, 1.807) is 0 Å². The summed E-state index contributed by atoms with van der Waals surface area (Å²) in [6.07, 6.45) is 0.756. The van der Waals surface area contributed by atoms with Crippen molar-refractivity contribution < 1.29 is 4.39 Å². The number of fused-ring (bicyclic) bond motifs is 1. The Morgan fingerprint density at radius 2 is 2.17 bits per heavy atom. The van der Waals surface area contributed by atoms with E-state index in [-0.39, 0.29) is 5.41 Å². The molecule has 2 saturated carbocycles. The SMILES string of the molecule is CC12C[C@H]1C2F. The standard InChI is InChI=1S/C5H7F/c1-5-2-3(5)4(5)6/h3-4H,2H2,1H3/t3-,4?,5?/m0/s1. The highest BCUT2D eigenvalue weighted by atomic mass is 19.1. The van der Waals surface area contributed by atoms with E-state index < -0.39 is 6.17 Å². The van der Waals surface area contributed by atoms with Gasteiger partial charge in [0.25, 0.3) is 0 Å². The molecule has 2 unspecified atom stereocenters. The minimum atomic E-state index is -0.405. The Morgan fingerprint density at radius 1 is 1.83 bits per heavy atom. The molecule has 1 heteroatoms. The van der Waals surface area contributed by atoms with Gasteiger partial charge in [-0.1, -0.05) is 6.92 Å². The first-order chi connectivity index (χ1) is 2.75. The minimum Gasteiger partial charge on any atom is -0.247 e. The maximum absolute atomic E-state index is 11.9. The van der Waals surface area contributed by atoms with Crippen molar-refractivity contribution in [2.24, 2.45) is 11.3 Å². The average Bonchev–Trinajstić information content (AvgIpc) is 2.24. The highest BCUT2D eigenvalue weighted by molar-refractivity contribution is 5.24. The molecule has 0 heterocycles. The Labute approximate surface area is 36.4 Å². The van der Waals surface area contributed by atoms with Gasteiger partial charge in [-0.15, -0.1) is 0 Å². The van der Waals surface area contributed by atoms with Crippen LogP contribution in [0.25, 0.3) is 0 Å². The van der Waals surface area contributed by atoms with Crippen LogP contribution < -0.4 is 0 Å². The molecule has 0 spiro atoms. The van der Waals surface area contributed by atoms with E-state index in [4.69, 9.17) is 0 Å². The van der Waals surface area contributed by atoms with Gasteiger partial charge in [-0.05, 0) is 12.3 Å². The van der Waals surface area contributed by atoms with Gasteiger partial charge >= 0.3 is 0 Å². The van der Waals surface area contributed by atoms with Gasteiger partial charge in [0.15, 0.2) is 0 Å². The third-order valence-corrected chi connectivity index (χ3v) is 2.22. The van der Waals surface area contributed by atoms with Crippen molar-refractivity contribution in [2.45, 2.75) is 19.5 Å². The molecule has 0 bridgehead atoms. The molecular weight excluding hydrogens is 79.1 g/mol. The van der Waals surface area contributed by atoms with Crippen molar-refractivity contribution in [2.75, 3.05) is 0 Å². The van der Waals surface area contributed by atoms with Crippen LogP contribution >= 0.6 is 0 Å². The summed E-state index contributed by atoms with van der Waals surface area (Å²) in [5, 5.41) is 0. The van der Waals surface area contributed by atoms with Crippen molar-refractivity contribution in [1.29, 1.82) is 0 Å². The van der Waals surface area contributed by atoms with E-state index in [2.05, 4.69) is 0 Å². The molecule has 3 atom stereocenters. The number of alkyl halides is 1. The smallest absolute Gasteiger partial charge is 0.109 e. The first-order valence-corrected chi connectivity index (χ1v) is 2.39. The van der Waals surface area contributed by atoms with Crippen LogP contribution in [-0.4, -0.2) is 6.17 Å². The van der Waals surface area contributed by atoms with Crippen molar-refractivity contribution in [3.05, 3.63) is 0 Å². The molecule has 0 radical (unpaired) electrons. The Kier molecular flexibility index (Phi) is 0.228. The van der Waals surface area contributed by atoms with Crippen molar-refractivity contribution in [3.8, 4) is 0 Å². The van der Waals surface area contributed by atoms with Gasteiger partial charge in [-0.2, -0.15) is 0 Å². The molecule has 0 aliphatic heterocycles. The van der Waals surface area contributed by atoms with Gasteiger partial charge < -0.3 is 0 Å². The summed E-state index contributed by atoms with van der Waals surface area (Å²) >= 11 is 0. The van der Waals surface area contributed by atoms with Crippen LogP contribution in [0.15, 0.2) is 0 Å². The Bertz CT molecular complexity index is 94.1. The van der Waals surface area contributed by atoms with Gasteiger partial charge in [0, 0.05) is 5.41 Å². The highest BCUT2D eigenvalue weighted by Crippen LogP contribution is 2.76. The highest BCUT2D eigenvalue weighted by Gasteiger charge is 2.77. The summed E-state index contributed by atoms with van der Waals surface area (Å²) in [4.78, 5) is 0. The monoisotopic (exact) mass is 86.1 g/mol. The van der Waals surface area contributed by atoms with Crippen LogP contribution in [0.2, 0.25) is 0 Å². The normalized spacial score (nSPS) is 73.0. The second-order valence-electron chi connectivity index (χ2n) is 2.72. The fraction of sp³-hybridized carbons (Fsp3) is 1.00. The van der Waals surface area contributed by atoms with Gasteiger partial charge in [-0.3, -0.25) is 0 Å². The van der Waals surface area contributed by atoms with Crippen molar-refractivity contribution >= 4 is 0 Å². The molecule has 2 aliphatic carbocycles. The van der Waals surface area contributed by atoms with Crippen LogP contribution in [0.3, 0.4) is 0 Å². The lowest BCUT2D eigenvalue weighted by Crippen LogP contribution is -1.90. The molecule has 0 nitrogen and oxygen atoms in total. The molecule has 0 saturated heterocycles. The van der Waals surface area contributed by atoms with E-state index >= 15 is 0 Å². The average molecular weight is 86.1 g/mol. The molecule has 0 aromatic heterocycles. The molecule has 0 aromatic carbocycles. The largest absolute Gasteiger partial charge is 0.247 e. The summed E-state index contributed by atoms with van der Waals surface area (Å²) in [6, 6.07) is 0. The Balaban J connectivity index is 2.23. The third-order valence-electron chi connectivity index (χ3n) is 2.22. The van der Waals surface area contributed by atoms with Crippen LogP contribution in [0, 0.1) is 11.3 Å². The first-order valence-electron chi connectivity index (χ1n) is 2.39. The molecule has 6 heavy (non-hydrogen) atoms. The fourth-order valence-corrected chi connectivity index (χ4v) is 1.07. The van der Waals surface area contributed by atoms with Crippen LogP contribution in [-0.2, 0) is 0 Å². The Morgan fingerprint density at radius 3 is 2.17 bits per heavy atom. The zero-order valence-corrected chi connectivity index (χ0v) is 3.74. The van der Waals surface area contributed by atoms with Crippen LogP contribution in [0.1, 0.15) is 13.3 Å². The molecule has 2 aliphatic rings. The number of rotatable bonds is 0. The summed E-state index contributed by atoms with van der Waals surface area (Å²) < 4.78 is 11.9. The van der Waals surface area contributed by atoms with E-state index in [0.717, 1.165) is 6.42 Å². The second kappa shape index (κ2) is 0.455. The van der Waals surface area contributed by atoms with Gasteiger partial charge in [0.2, 0.25) is 0 Å². The zero-order chi connectivity index (χ0) is 4.36. The molecule has 2 rings (SSSR count). The van der Waals surface area contributed by atoms with Crippen LogP contribution in [0.5, 0.6) is 0 Å². The maximum Gasteiger partial charge on any atom is 0.109 e. The van der Waals surface area contributed by atoms with Crippen molar-refractivity contribution in [1.82, 2.24) is 0 Å². The van der Waals surface area contributed by atoms with Crippen LogP contribution in [0.4, 0.5) is 4.39 Å². The van der Waals surface area contributed by atoms with E-state index in [1.807, 2.05) is 6.92 Å². The molecule has 0 N–H and O–H groups in total. The Hall–Kier alpha value is -0.0700. The quantitative estimate of drug-likeness (QED) is 0.417. The summed E-state index contributed by atoms with van der Waals surface area (Å²) in [7, 11) is 0.